The molecule has 1 saturated heterocycles. The van der Waals surface area contributed by atoms with Gasteiger partial charge in [-0.2, -0.15) is 0 Å². The molecule has 0 aromatic heterocycles. The van der Waals surface area contributed by atoms with Gasteiger partial charge >= 0.3 is 5.97 Å². The van der Waals surface area contributed by atoms with E-state index in [2.05, 4.69) is 0 Å². The Kier molecular flexibility index (Phi) is 4.77. The van der Waals surface area contributed by atoms with Gasteiger partial charge in [0.05, 0.1) is 0 Å². The maximum atomic E-state index is 12.2. The first kappa shape index (κ1) is 15.0. The zero-order valence-electron chi connectivity index (χ0n) is 12.2. The highest BCUT2D eigenvalue weighted by Crippen LogP contribution is 2.23. The average molecular weight is 255 g/mol. The molecule has 1 aliphatic heterocycles. The second kappa shape index (κ2) is 5.72. The SMILES string of the molecule is CCC(C)C(=O)N1CCC[C@@H]1C(=O)OC(C)(C)C. The lowest BCUT2D eigenvalue weighted by molar-refractivity contribution is -0.163. The molecule has 4 nitrogen and oxygen atoms in total. The number of carbonyl (C=O) groups excluding carboxylic acids is 2. The van der Waals surface area contributed by atoms with Crippen molar-refractivity contribution in [2.45, 2.75) is 65.5 Å². The van der Waals surface area contributed by atoms with Gasteiger partial charge in [0.2, 0.25) is 5.91 Å². The van der Waals surface area contributed by atoms with E-state index in [4.69, 9.17) is 4.74 Å². The zero-order chi connectivity index (χ0) is 13.9. The number of hydrogen-bond donors (Lipinski definition) is 0. The van der Waals surface area contributed by atoms with Crippen molar-refractivity contribution < 1.29 is 14.3 Å². The summed E-state index contributed by atoms with van der Waals surface area (Å²) in [5.41, 5.74) is -0.495. The largest absolute Gasteiger partial charge is 0.458 e. The van der Waals surface area contributed by atoms with Crippen LogP contribution in [0.1, 0.15) is 53.9 Å². The van der Waals surface area contributed by atoms with Gasteiger partial charge in [0, 0.05) is 12.5 Å². The number of esters is 1. The molecular weight excluding hydrogens is 230 g/mol. The Labute approximate surface area is 110 Å². The normalized spacial score (nSPS) is 21.8. The number of rotatable bonds is 3. The van der Waals surface area contributed by atoms with E-state index in [-0.39, 0.29) is 23.8 Å². The van der Waals surface area contributed by atoms with Crippen molar-refractivity contribution in [2.75, 3.05) is 6.54 Å². The summed E-state index contributed by atoms with van der Waals surface area (Å²) >= 11 is 0. The van der Waals surface area contributed by atoms with Gasteiger partial charge in [0.1, 0.15) is 11.6 Å². The third kappa shape index (κ3) is 3.72. The fourth-order valence-corrected chi connectivity index (χ4v) is 2.10. The monoisotopic (exact) mass is 255 g/mol. The van der Waals surface area contributed by atoms with Crippen molar-refractivity contribution in [3.63, 3.8) is 0 Å². The van der Waals surface area contributed by atoms with Gasteiger partial charge in [-0.1, -0.05) is 13.8 Å². The number of carbonyl (C=O) groups is 2. The maximum Gasteiger partial charge on any atom is 0.329 e. The van der Waals surface area contributed by atoms with Crippen molar-refractivity contribution >= 4 is 11.9 Å². The molecular formula is C14H25NO3. The summed E-state index contributed by atoms with van der Waals surface area (Å²) in [5.74, 6) is -0.212. The van der Waals surface area contributed by atoms with Gasteiger partial charge < -0.3 is 9.64 Å². The highest BCUT2D eigenvalue weighted by Gasteiger charge is 2.37. The third-order valence-corrected chi connectivity index (χ3v) is 3.25. The van der Waals surface area contributed by atoms with Gasteiger partial charge in [-0.05, 0) is 40.0 Å². The number of hydrogen-bond acceptors (Lipinski definition) is 3. The van der Waals surface area contributed by atoms with Gasteiger partial charge in [0.15, 0.2) is 0 Å². The summed E-state index contributed by atoms with van der Waals surface area (Å²) in [6, 6.07) is -0.384. The van der Waals surface area contributed by atoms with Crippen LogP contribution in [0.5, 0.6) is 0 Å². The van der Waals surface area contributed by atoms with Crippen LogP contribution in [0.2, 0.25) is 0 Å². The minimum atomic E-state index is -0.495. The Hall–Kier alpha value is -1.06. The predicted octanol–water partition coefficient (Wildman–Crippen LogP) is 2.37. The predicted molar refractivity (Wildman–Crippen MR) is 70.0 cm³/mol. The summed E-state index contributed by atoms with van der Waals surface area (Å²) in [5, 5.41) is 0. The molecule has 1 rings (SSSR count). The molecule has 1 amide bonds. The zero-order valence-corrected chi connectivity index (χ0v) is 12.2. The van der Waals surface area contributed by atoms with E-state index in [0.29, 0.717) is 6.54 Å². The molecule has 1 heterocycles. The Morgan fingerprint density at radius 2 is 2.00 bits per heavy atom. The van der Waals surface area contributed by atoms with Crippen LogP contribution in [0.3, 0.4) is 0 Å². The number of nitrogens with zero attached hydrogens (tertiary/aromatic N) is 1. The first-order valence-corrected chi connectivity index (χ1v) is 6.79. The maximum absolute atomic E-state index is 12.2. The van der Waals surface area contributed by atoms with Gasteiger partial charge in [0.25, 0.3) is 0 Å². The fourth-order valence-electron chi connectivity index (χ4n) is 2.10. The smallest absolute Gasteiger partial charge is 0.329 e. The van der Waals surface area contributed by atoms with Crippen LogP contribution < -0.4 is 0 Å². The fraction of sp³-hybridized carbons (Fsp3) is 0.857. The molecule has 0 aliphatic carbocycles. The van der Waals surface area contributed by atoms with Crippen LogP contribution in [0.15, 0.2) is 0 Å². The summed E-state index contributed by atoms with van der Waals surface area (Å²) in [6.07, 6.45) is 2.40. The van der Waals surface area contributed by atoms with Gasteiger partial charge in [-0.3, -0.25) is 4.79 Å². The van der Waals surface area contributed by atoms with Crippen LogP contribution in [0, 0.1) is 5.92 Å². The number of ether oxygens (including phenoxy) is 1. The topological polar surface area (TPSA) is 46.6 Å². The molecule has 1 unspecified atom stereocenters. The van der Waals surface area contributed by atoms with Crippen molar-refractivity contribution in [1.29, 1.82) is 0 Å². The average Bonchev–Trinajstić information content (AvgIpc) is 2.73. The van der Waals surface area contributed by atoms with Gasteiger partial charge in [-0.15, -0.1) is 0 Å². The summed E-state index contributed by atoms with van der Waals surface area (Å²) in [4.78, 5) is 25.9. The van der Waals surface area contributed by atoms with Crippen LogP contribution in [0.25, 0.3) is 0 Å². The van der Waals surface area contributed by atoms with E-state index >= 15 is 0 Å². The van der Waals surface area contributed by atoms with Crippen LogP contribution in [-0.2, 0) is 14.3 Å². The second-order valence-corrected chi connectivity index (χ2v) is 6.03. The third-order valence-electron chi connectivity index (χ3n) is 3.25. The van der Waals surface area contributed by atoms with Crippen molar-refractivity contribution in [2.24, 2.45) is 5.92 Å². The van der Waals surface area contributed by atoms with E-state index in [0.717, 1.165) is 19.3 Å². The first-order chi connectivity index (χ1) is 8.26. The molecule has 1 fully saturated rings. The molecule has 0 saturated carbocycles. The Morgan fingerprint density at radius 3 is 2.50 bits per heavy atom. The highest BCUT2D eigenvalue weighted by molar-refractivity contribution is 5.86. The summed E-state index contributed by atoms with van der Waals surface area (Å²) < 4.78 is 5.38. The van der Waals surface area contributed by atoms with Crippen molar-refractivity contribution in [3.8, 4) is 0 Å². The molecule has 1 aliphatic rings. The van der Waals surface area contributed by atoms with Crippen molar-refractivity contribution in [3.05, 3.63) is 0 Å². The van der Waals surface area contributed by atoms with Crippen LogP contribution in [-0.4, -0.2) is 35.0 Å². The highest BCUT2D eigenvalue weighted by atomic mass is 16.6. The van der Waals surface area contributed by atoms with E-state index in [1.165, 1.54) is 0 Å². The quantitative estimate of drug-likeness (QED) is 0.727. The van der Waals surface area contributed by atoms with Crippen LogP contribution >= 0.6 is 0 Å². The molecule has 4 heteroatoms. The Balaban J connectivity index is 2.70. The Morgan fingerprint density at radius 1 is 1.39 bits per heavy atom. The summed E-state index contributed by atoms with van der Waals surface area (Å²) in [7, 11) is 0. The molecule has 0 aromatic carbocycles. The lowest BCUT2D eigenvalue weighted by Gasteiger charge is -2.28. The van der Waals surface area contributed by atoms with E-state index in [1.807, 2.05) is 34.6 Å². The standard InChI is InChI=1S/C14H25NO3/c1-6-10(2)12(16)15-9-7-8-11(15)13(17)18-14(3,4)5/h10-11H,6-9H2,1-5H3/t10?,11-/m1/s1. The van der Waals surface area contributed by atoms with E-state index in [9.17, 15) is 9.59 Å². The molecule has 0 aromatic rings. The lowest BCUT2D eigenvalue weighted by atomic mass is 10.1. The molecule has 0 radical (unpaired) electrons. The van der Waals surface area contributed by atoms with Crippen molar-refractivity contribution in [1.82, 2.24) is 4.90 Å². The molecule has 18 heavy (non-hydrogen) atoms. The molecule has 0 N–H and O–H groups in total. The molecule has 0 bridgehead atoms. The second-order valence-electron chi connectivity index (χ2n) is 6.03. The minimum Gasteiger partial charge on any atom is -0.458 e. The van der Waals surface area contributed by atoms with Crippen LogP contribution in [0.4, 0.5) is 0 Å². The molecule has 104 valence electrons. The number of amides is 1. The van der Waals surface area contributed by atoms with E-state index in [1.54, 1.807) is 4.90 Å². The first-order valence-electron chi connectivity index (χ1n) is 6.79. The summed E-state index contributed by atoms with van der Waals surface area (Å²) in [6.45, 7) is 10.1. The van der Waals surface area contributed by atoms with Gasteiger partial charge in [-0.25, -0.2) is 4.79 Å². The Bertz CT molecular complexity index is 319. The molecule has 0 spiro atoms. The number of likely N-dealkylation sites (tertiary alicyclic amines) is 1. The van der Waals surface area contributed by atoms with E-state index < -0.39 is 5.60 Å². The lowest BCUT2D eigenvalue weighted by Crippen LogP contribution is -2.45. The minimum absolute atomic E-state index is 0.0203. The molecule has 2 atom stereocenters.